The second-order valence-corrected chi connectivity index (χ2v) is 5.18. The predicted octanol–water partition coefficient (Wildman–Crippen LogP) is 0.745. The number of unbranched alkanes of at least 4 members (excludes halogenated alkanes) is 2. The Bertz CT molecular complexity index is 239. The summed E-state index contributed by atoms with van der Waals surface area (Å²) in [6.07, 6.45) is 2.81. The maximum absolute atomic E-state index is 11.0. The lowest BCUT2D eigenvalue weighted by molar-refractivity contribution is -0.136. The first-order valence-corrected chi connectivity index (χ1v) is 6.56. The SMILES string of the molecule is CCCCCC(NCC(=O)O)P(=O)(O)O. The lowest BCUT2D eigenvalue weighted by Gasteiger charge is -2.18. The molecule has 0 amide bonds. The van der Waals surface area contributed by atoms with Crippen molar-refractivity contribution in [2.45, 2.75) is 38.4 Å². The third kappa shape index (κ3) is 7.50. The third-order valence-electron chi connectivity index (χ3n) is 1.98. The summed E-state index contributed by atoms with van der Waals surface area (Å²) < 4.78 is 11.0. The van der Waals surface area contributed by atoms with Gasteiger partial charge in [-0.3, -0.25) is 14.7 Å². The average Bonchev–Trinajstić information content (AvgIpc) is 2.08. The summed E-state index contributed by atoms with van der Waals surface area (Å²) in [5.41, 5.74) is 0. The van der Waals surface area contributed by atoms with Gasteiger partial charge in [0.05, 0.1) is 6.54 Å². The molecule has 1 unspecified atom stereocenters. The number of carboxylic acids is 1. The zero-order chi connectivity index (χ0) is 11.9. The van der Waals surface area contributed by atoms with Crippen LogP contribution < -0.4 is 5.32 Å². The Kier molecular flexibility index (Phi) is 6.76. The van der Waals surface area contributed by atoms with Gasteiger partial charge in [0.15, 0.2) is 0 Å². The summed E-state index contributed by atoms with van der Waals surface area (Å²) >= 11 is 0. The summed E-state index contributed by atoms with van der Waals surface area (Å²) in [6, 6.07) is 0. The van der Waals surface area contributed by atoms with Crippen LogP contribution in [0.5, 0.6) is 0 Å². The van der Waals surface area contributed by atoms with E-state index < -0.39 is 25.9 Å². The molecule has 0 rings (SSSR count). The molecule has 0 heterocycles. The molecule has 0 saturated carbocycles. The maximum atomic E-state index is 11.0. The molecule has 0 aromatic heterocycles. The van der Waals surface area contributed by atoms with Crippen LogP contribution >= 0.6 is 7.60 Å². The molecule has 0 saturated heterocycles. The van der Waals surface area contributed by atoms with Crippen LogP contribution in [0.15, 0.2) is 0 Å². The molecule has 4 N–H and O–H groups in total. The van der Waals surface area contributed by atoms with Gasteiger partial charge in [-0.25, -0.2) is 0 Å². The van der Waals surface area contributed by atoms with Gasteiger partial charge >= 0.3 is 13.6 Å². The molecule has 6 nitrogen and oxygen atoms in total. The summed E-state index contributed by atoms with van der Waals surface area (Å²) in [7, 11) is -4.25. The third-order valence-corrected chi connectivity index (χ3v) is 3.23. The topological polar surface area (TPSA) is 107 Å². The van der Waals surface area contributed by atoms with Crippen LogP contribution in [0.2, 0.25) is 0 Å². The van der Waals surface area contributed by atoms with E-state index in [1.54, 1.807) is 0 Å². The van der Waals surface area contributed by atoms with Crippen molar-refractivity contribution in [3.05, 3.63) is 0 Å². The monoisotopic (exact) mass is 239 g/mol. The molecule has 0 bridgehead atoms. The summed E-state index contributed by atoms with van der Waals surface area (Å²) in [5.74, 6) is -2.16. The summed E-state index contributed by atoms with van der Waals surface area (Å²) in [5, 5.41) is 10.7. The average molecular weight is 239 g/mol. The van der Waals surface area contributed by atoms with Crippen molar-refractivity contribution in [3.63, 3.8) is 0 Å². The molecule has 0 spiro atoms. The minimum absolute atomic E-state index is 0.297. The first kappa shape index (κ1) is 14.6. The fourth-order valence-electron chi connectivity index (χ4n) is 1.18. The van der Waals surface area contributed by atoms with Crippen LogP contribution in [-0.2, 0) is 9.36 Å². The largest absolute Gasteiger partial charge is 0.480 e. The zero-order valence-corrected chi connectivity index (χ0v) is 9.61. The number of carboxylic acid groups (broad SMARTS) is 1. The second kappa shape index (κ2) is 6.95. The number of aliphatic carboxylic acids is 1. The molecular formula is C8H18NO5P. The van der Waals surface area contributed by atoms with Crippen LogP contribution in [0.1, 0.15) is 32.6 Å². The highest BCUT2D eigenvalue weighted by Crippen LogP contribution is 2.41. The highest BCUT2D eigenvalue weighted by atomic mass is 31.2. The standard InChI is InChI=1S/C8H18NO5P/c1-2-3-4-5-7(15(12,13)14)9-6-8(10)11/h7,9H,2-6H2,1H3,(H,10,11)(H2,12,13,14). The maximum Gasteiger partial charge on any atom is 0.342 e. The van der Waals surface area contributed by atoms with Crippen molar-refractivity contribution in [2.24, 2.45) is 0 Å². The van der Waals surface area contributed by atoms with Gasteiger partial charge in [0, 0.05) is 0 Å². The minimum atomic E-state index is -4.25. The molecule has 15 heavy (non-hydrogen) atoms. The van der Waals surface area contributed by atoms with Gasteiger partial charge in [0.1, 0.15) is 5.78 Å². The Morgan fingerprint density at radius 3 is 2.40 bits per heavy atom. The highest BCUT2D eigenvalue weighted by Gasteiger charge is 2.27. The lowest BCUT2D eigenvalue weighted by atomic mass is 10.2. The first-order chi connectivity index (χ1) is 6.88. The summed E-state index contributed by atoms with van der Waals surface area (Å²) in [4.78, 5) is 28.1. The highest BCUT2D eigenvalue weighted by molar-refractivity contribution is 7.52. The van der Waals surface area contributed by atoms with E-state index in [0.717, 1.165) is 12.8 Å². The van der Waals surface area contributed by atoms with Crippen molar-refractivity contribution in [2.75, 3.05) is 6.54 Å². The van der Waals surface area contributed by atoms with Crippen molar-refractivity contribution in [3.8, 4) is 0 Å². The number of hydrogen-bond acceptors (Lipinski definition) is 3. The van der Waals surface area contributed by atoms with E-state index >= 15 is 0 Å². The first-order valence-electron chi connectivity index (χ1n) is 4.88. The Morgan fingerprint density at radius 1 is 1.40 bits per heavy atom. The Hall–Kier alpha value is -0.420. The number of nitrogens with one attached hydrogen (secondary N) is 1. The van der Waals surface area contributed by atoms with Gasteiger partial charge in [-0.1, -0.05) is 26.2 Å². The molecular weight excluding hydrogens is 221 g/mol. The number of carbonyl (C=O) groups is 1. The fraction of sp³-hybridized carbons (Fsp3) is 0.875. The van der Waals surface area contributed by atoms with Crippen LogP contribution in [-0.4, -0.2) is 33.2 Å². The van der Waals surface area contributed by atoms with E-state index in [1.807, 2.05) is 6.92 Å². The van der Waals surface area contributed by atoms with Crippen LogP contribution in [0, 0.1) is 0 Å². The zero-order valence-electron chi connectivity index (χ0n) is 8.72. The predicted molar refractivity (Wildman–Crippen MR) is 55.6 cm³/mol. The van der Waals surface area contributed by atoms with Crippen molar-refractivity contribution < 1.29 is 24.3 Å². The van der Waals surface area contributed by atoms with E-state index in [4.69, 9.17) is 14.9 Å². The molecule has 0 radical (unpaired) electrons. The van der Waals surface area contributed by atoms with Crippen LogP contribution in [0.4, 0.5) is 0 Å². The normalized spacial score (nSPS) is 13.8. The molecule has 1 atom stereocenters. The van der Waals surface area contributed by atoms with E-state index in [-0.39, 0.29) is 0 Å². The Labute approximate surface area is 88.9 Å². The van der Waals surface area contributed by atoms with Gasteiger partial charge in [-0.05, 0) is 6.42 Å². The van der Waals surface area contributed by atoms with Gasteiger partial charge in [-0.15, -0.1) is 0 Å². The van der Waals surface area contributed by atoms with E-state index in [2.05, 4.69) is 5.32 Å². The molecule has 0 aromatic carbocycles. The van der Waals surface area contributed by atoms with Crippen molar-refractivity contribution in [1.82, 2.24) is 5.32 Å². The van der Waals surface area contributed by atoms with Gasteiger partial charge in [-0.2, -0.15) is 0 Å². The number of rotatable bonds is 8. The molecule has 0 aliphatic heterocycles. The molecule has 0 aromatic rings. The van der Waals surface area contributed by atoms with Crippen LogP contribution in [0.3, 0.4) is 0 Å². The van der Waals surface area contributed by atoms with Crippen molar-refractivity contribution >= 4 is 13.6 Å². The summed E-state index contributed by atoms with van der Waals surface area (Å²) in [6.45, 7) is 1.55. The molecule has 0 aliphatic carbocycles. The number of hydrogen-bond donors (Lipinski definition) is 4. The van der Waals surface area contributed by atoms with Gasteiger partial charge < -0.3 is 14.9 Å². The van der Waals surface area contributed by atoms with E-state index in [1.165, 1.54) is 0 Å². The van der Waals surface area contributed by atoms with Crippen molar-refractivity contribution in [1.29, 1.82) is 0 Å². The van der Waals surface area contributed by atoms with E-state index in [9.17, 15) is 9.36 Å². The molecule has 7 heteroatoms. The molecule has 0 aliphatic rings. The van der Waals surface area contributed by atoms with E-state index in [0.29, 0.717) is 12.8 Å². The molecule has 90 valence electrons. The second-order valence-electron chi connectivity index (χ2n) is 3.38. The van der Waals surface area contributed by atoms with Gasteiger partial charge in [0.2, 0.25) is 0 Å². The Balaban J connectivity index is 4.08. The van der Waals surface area contributed by atoms with Crippen LogP contribution in [0.25, 0.3) is 0 Å². The smallest absolute Gasteiger partial charge is 0.342 e. The minimum Gasteiger partial charge on any atom is -0.480 e. The Morgan fingerprint density at radius 2 is 2.00 bits per heavy atom. The fourth-order valence-corrected chi connectivity index (χ4v) is 2.03. The van der Waals surface area contributed by atoms with Gasteiger partial charge in [0.25, 0.3) is 0 Å². The lowest BCUT2D eigenvalue weighted by Crippen LogP contribution is -2.33. The molecule has 0 fully saturated rings. The quantitative estimate of drug-likeness (QED) is 0.367.